The van der Waals surface area contributed by atoms with Crippen molar-refractivity contribution in [1.29, 1.82) is 0 Å². The van der Waals surface area contributed by atoms with Crippen LogP contribution in [0.25, 0.3) is 0 Å². The van der Waals surface area contributed by atoms with Crippen LogP contribution in [0.1, 0.15) is 71.1 Å². The first kappa shape index (κ1) is 32.5. The molecule has 1 aromatic carbocycles. The second kappa shape index (κ2) is 11.3. The number of nitrogens with zero attached hydrogens (tertiary/aromatic N) is 3. The normalized spacial score (nSPS) is 18.4. The second-order valence-electron chi connectivity index (χ2n) is 11.5. The second-order valence-corrected chi connectivity index (χ2v) is 15.3. The molecule has 1 heterocycles. The number of hydrogen-bond acceptors (Lipinski definition) is 8. The van der Waals surface area contributed by atoms with Gasteiger partial charge in [-0.3, -0.25) is 0 Å². The molecule has 2 N–H and O–H groups in total. The number of sulfonamides is 2. The number of hydrogen-bond donors (Lipinski definition) is 2. The van der Waals surface area contributed by atoms with E-state index in [2.05, 4.69) is 10.6 Å². The van der Waals surface area contributed by atoms with Crippen molar-refractivity contribution < 1.29 is 39.5 Å². The summed E-state index contributed by atoms with van der Waals surface area (Å²) in [7, 11) is -9.21. The van der Waals surface area contributed by atoms with Gasteiger partial charge in [-0.2, -0.15) is 22.0 Å². The minimum atomic E-state index is -5.07. The van der Waals surface area contributed by atoms with Crippen molar-refractivity contribution >= 4 is 43.3 Å². The third-order valence-electron chi connectivity index (χ3n) is 6.22. The lowest BCUT2D eigenvalue weighted by Crippen LogP contribution is -2.36. The van der Waals surface area contributed by atoms with Crippen molar-refractivity contribution in [2.24, 2.45) is 0 Å². The van der Waals surface area contributed by atoms with Crippen LogP contribution in [0.4, 0.5) is 35.2 Å². The van der Waals surface area contributed by atoms with E-state index in [9.17, 15) is 34.8 Å². The summed E-state index contributed by atoms with van der Waals surface area (Å²) in [4.78, 5) is 12.0. The highest BCUT2D eigenvalue weighted by Gasteiger charge is 2.40. The lowest BCUT2D eigenvalue weighted by atomic mass is 10.0. The van der Waals surface area contributed by atoms with Crippen LogP contribution >= 0.6 is 0 Å². The van der Waals surface area contributed by atoms with Crippen LogP contribution in [0.3, 0.4) is 0 Å². The van der Waals surface area contributed by atoms with Crippen molar-refractivity contribution in [3.8, 4) is 0 Å². The highest BCUT2D eigenvalue weighted by Crippen LogP contribution is 2.41. The molecule has 0 unspecified atom stereocenters. The van der Waals surface area contributed by atoms with Gasteiger partial charge in [0.1, 0.15) is 11.9 Å². The van der Waals surface area contributed by atoms with Crippen LogP contribution < -0.4 is 14.3 Å². The van der Waals surface area contributed by atoms with Crippen LogP contribution in [-0.4, -0.2) is 57.4 Å². The van der Waals surface area contributed by atoms with Gasteiger partial charge in [0.15, 0.2) is 0 Å². The molecule has 1 saturated carbocycles. The Morgan fingerprint density at radius 3 is 2.20 bits per heavy atom. The molecule has 1 aliphatic carbocycles. The van der Waals surface area contributed by atoms with E-state index in [1.807, 2.05) is 34.6 Å². The van der Waals surface area contributed by atoms with Crippen molar-refractivity contribution in [3.05, 3.63) is 35.5 Å². The molecule has 1 aliphatic rings. The predicted molar refractivity (Wildman–Crippen MR) is 149 cm³/mol. The zero-order valence-corrected chi connectivity index (χ0v) is 25.5. The molecule has 1 fully saturated rings. The Morgan fingerprint density at radius 1 is 1.07 bits per heavy atom. The van der Waals surface area contributed by atoms with E-state index < -0.39 is 49.1 Å². The number of ether oxygens (including phenoxy) is 1. The lowest BCUT2D eigenvalue weighted by molar-refractivity contribution is -0.136. The van der Waals surface area contributed by atoms with Crippen LogP contribution in [0.5, 0.6) is 0 Å². The zero-order chi connectivity index (χ0) is 31.1. The number of amides is 1. The van der Waals surface area contributed by atoms with Gasteiger partial charge in [-0.05, 0) is 72.1 Å². The average Bonchev–Trinajstić information content (AvgIpc) is 3.38. The predicted octanol–water partition coefficient (Wildman–Crippen LogP) is 4.90. The van der Waals surface area contributed by atoms with Gasteiger partial charge in [-0.1, -0.05) is 0 Å². The van der Waals surface area contributed by atoms with Crippen LogP contribution in [0.15, 0.2) is 24.3 Å². The van der Waals surface area contributed by atoms with Crippen molar-refractivity contribution in [2.75, 3.05) is 21.5 Å². The van der Waals surface area contributed by atoms with E-state index in [1.54, 1.807) is 10.7 Å². The van der Waals surface area contributed by atoms with Gasteiger partial charge in [0.05, 0.1) is 35.0 Å². The zero-order valence-electron chi connectivity index (χ0n) is 23.9. The molecule has 0 bridgehead atoms. The number of carbonyl (C=O) groups excluding carboxylic acids is 1. The summed E-state index contributed by atoms with van der Waals surface area (Å²) in [6.07, 6.45) is -2.98. The number of nitrogens with one attached hydrogen (secondary N) is 2. The Kier molecular flexibility index (Phi) is 8.99. The fourth-order valence-electron chi connectivity index (χ4n) is 4.69. The smallest absolute Gasteiger partial charge is 0.418 e. The number of anilines is 3. The molecule has 16 heteroatoms. The molecule has 2 atom stereocenters. The number of alkyl carbamates (subject to hydrolysis) is 1. The molecule has 0 saturated heterocycles. The Balaban J connectivity index is 1.97. The summed E-state index contributed by atoms with van der Waals surface area (Å²) in [6, 6.07) is 4.27. The van der Waals surface area contributed by atoms with Gasteiger partial charge < -0.3 is 15.4 Å². The highest BCUT2D eigenvalue weighted by atomic mass is 32.3. The van der Waals surface area contributed by atoms with Crippen molar-refractivity contribution in [3.63, 3.8) is 0 Å². The van der Waals surface area contributed by atoms with Crippen LogP contribution in [0.2, 0.25) is 0 Å². The van der Waals surface area contributed by atoms with Gasteiger partial charge in [0.25, 0.3) is 0 Å². The van der Waals surface area contributed by atoms with Gasteiger partial charge >= 0.3 is 12.3 Å². The van der Waals surface area contributed by atoms with E-state index >= 15 is 0 Å². The summed E-state index contributed by atoms with van der Waals surface area (Å²) in [6.45, 7) is 9.25. The Labute approximate surface area is 238 Å². The Morgan fingerprint density at radius 2 is 1.68 bits per heavy atom. The van der Waals surface area contributed by atoms with E-state index in [0.717, 1.165) is 6.07 Å². The monoisotopic (exact) mass is 623 g/mol. The van der Waals surface area contributed by atoms with Crippen LogP contribution in [0, 0.1) is 0 Å². The van der Waals surface area contributed by atoms with E-state index in [4.69, 9.17) is 9.84 Å². The fourth-order valence-corrected chi connectivity index (χ4v) is 7.69. The third-order valence-corrected chi connectivity index (χ3v) is 9.44. The standard InChI is InChI=1S/C25H36F3N5O6S2/c1-15(2)29-23(34)39-18-10-8-16(12-18)20-14-22(32(31-20)24(3,4)5)30-17-9-11-21(19(13-17)25(26,27)28)33(40(6,35)36)41(7,37)38/h9,11,13-16,18,30H,8,10,12H2,1-7H3,(H,29,34)/t16-,18+/m0/s1. The minimum Gasteiger partial charge on any atom is -0.446 e. The lowest BCUT2D eigenvalue weighted by Gasteiger charge is -2.25. The number of halogens is 3. The van der Waals surface area contributed by atoms with Gasteiger partial charge in [-0.15, -0.1) is 0 Å². The molecule has 1 aromatic heterocycles. The van der Waals surface area contributed by atoms with E-state index in [0.29, 0.717) is 49.4 Å². The summed E-state index contributed by atoms with van der Waals surface area (Å²) in [5.41, 5.74) is -2.45. The van der Waals surface area contributed by atoms with Crippen molar-refractivity contribution in [1.82, 2.24) is 15.1 Å². The largest absolute Gasteiger partial charge is 0.446 e. The maximum atomic E-state index is 14.1. The molecule has 0 radical (unpaired) electrons. The maximum absolute atomic E-state index is 14.1. The summed E-state index contributed by atoms with van der Waals surface area (Å²) < 4.78 is 97.8. The minimum absolute atomic E-state index is 0.0535. The quantitative estimate of drug-likeness (QED) is 0.424. The summed E-state index contributed by atoms with van der Waals surface area (Å²) >= 11 is 0. The van der Waals surface area contributed by atoms with Gasteiger partial charge in [0.2, 0.25) is 20.0 Å². The first-order valence-electron chi connectivity index (χ1n) is 12.8. The maximum Gasteiger partial charge on any atom is 0.418 e. The number of carbonyl (C=O) groups is 1. The van der Waals surface area contributed by atoms with E-state index in [-0.39, 0.29) is 27.5 Å². The average molecular weight is 624 g/mol. The SMILES string of the molecule is CC(C)NC(=O)O[C@@H]1CC[C@H](c2cc(Nc3ccc(N(S(C)(=O)=O)S(C)(=O)=O)c(C(F)(F)F)c3)n(C(C)(C)C)n2)C1. The fraction of sp³-hybridized carbons (Fsp3) is 0.600. The topological polar surface area (TPSA) is 140 Å². The number of alkyl halides is 3. The van der Waals surface area contributed by atoms with Gasteiger partial charge in [0, 0.05) is 23.7 Å². The molecule has 3 rings (SSSR count). The number of rotatable bonds is 8. The Hall–Kier alpha value is -3.01. The van der Waals surface area contributed by atoms with E-state index in [1.165, 1.54) is 6.07 Å². The molecule has 2 aromatic rings. The molecule has 11 nitrogen and oxygen atoms in total. The van der Waals surface area contributed by atoms with Gasteiger partial charge in [-0.25, -0.2) is 26.3 Å². The summed E-state index contributed by atoms with van der Waals surface area (Å²) in [5.74, 6) is 0.320. The summed E-state index contributed by atoms with van der Waals surface area (Å²) in [5, 5.41) is 10.3. The molecule has 1 amide bonds. The molecule has 0 spiro atoms. The molecule has 230 valence electrons. The highest BCUT2D eigenvalue weighted by molar-refractivity contribution is 8.09. The third kappa shape index (κ3) is 8.05. The molecule has 0 aliphatic heterocycles. The van der Waals surface area contributed by atoms with Crippen LogP contribution in [-0.2, 0) is 36.5 Å². The number of aromatic nitrogens is 2. The van der Waals surface area contributed by atoms with Crippen molar-refractivity contribution in [2.45, 2.75) is 83.7 Å². The molecular weight excluding hydrogens is 587 g/mol. The Bertz CT molecular complexity index is 1470. The first-order chi connectivity index (χ1) is 18.6. The number of benzene rings is 1. The molecule has 41 heavy (non-hydrogen) atoms. The molecular formula is C25H36F3N5O6S2. The first-order valence-corrected chi connectivity index (χ1v) is 16.5.